The Morgan fingerprint density at radius 1 is 1.83 bits per heavy atom. The lowest BCUT2D eigenvalue weighted by molar-refractivity contribution is -0.134. The molecule has 0 aliphatic heterocycles. The van der Waals surface area contributed by atoms with E-state index in [0.717, 1.165) is 6.42 Å². The first kappa shape index (κ1) is 9.08. The highest BCUT2D eigenvalue weighted by molar-refractivity contribution is 5.81. The van der Waals surface area contributed by atoms with Crippen LogP contribution in [0.1, 0.15) is 20.3 Å². The number of nitrogens with one attached hydrogen (secondary N) is 1. The van der Waals surface area contributed by atoms with E-state index in [1.165, 1.54) is 0 Å². The largest absolute Gasteiger partial charge is 0.272 e. The lowest BCUT2D eigenvalue weighted by Gasteiger charge is -2.03. The minimum atomic E-state index is -0.0600. The Hall–Kier alpha value is -1.01. The minimum Gasteiger partial charge on any atom is -0.272 e. The van der Waals surface area contributed by atoms with Crippen LogP contribution in [0.25, 0.3) is 0 Å². The van der Waals surface area contributed by atoms with Gasteiger partial charge in [-0.1, -0.05) is 19.8 Å². The number of hydroxylamine groups is 1. The number of amides is 1. The molecule has 12 heavy (non-hydrogen) atoms. The van der Waals surface area contributed by atoms with Crippen LogP contribution < -0.4 is 5.48 Å². The fourth-order valence-electron chi connectivity index (χ4n) is 1.13. The lowest BCUT2D eigenvalue weighted by Crippen LogP contribution is -2.26. The van der Waals surface area contributed by atoms with E-state index in [1.54, 1.807) is 0 Å². The quantitative estimate of drug-likeness (QED) is 0.382. The van der Waals surface area contributed by atoms with Crippen LogP contribution in [0.5, 0.6) is 0 Å². The normalized spacial score (nSPS) is 24.2. The first-order chi connectivity index (χ1) is 5.58. The number of terminal acetylenes is 1. The number of hydrogen-bond donors (Lipinski definition) is 1. The molecule has 1 amide bonds. The summed E-state index contributed by atoms with van der Waals surface area (Å²) in [4.78, 5) is 15.9. The molecule has 0 aromatic heterocycles. The summed E-state index contributed by atoms with van der Waals surface area (Å²) in [6.07, 6.45) is 5.86. The van der Waals surface area contributed by atoms with E-state index in [2.05, 4.69) is 25.2 Å². The summed E-state index contributed by atoms with van der Waals surface area (Å²) in [6, 6.07) is 0. The highest BCUT2D eigenvalue weighted by Crippen LogP contribution is 2.51. The molecule has 66 valence electrons. The molecule has 1 N–H and O–H groups in total. The molecule has 0 unspecified atom stereocenters. The van der Waals surface area contributed by atoms with Gasteiger partial charge in [-0.05, 0) is 11.8 Å². The maximum atomic E-state index is 11.2. The van der Waals surface area contributed by atoms with Gasteiger partial charge < -0.3 is 0 Å². The summed E-state index contributed by atoms with van der Waals surface area (Å²) < 4.78 is 0. The second-order valence-corrected chi connectivity index (χ2v) is 3.70. The van der Waals surface area contributed by atoms with Crippen molar-refractivity contribution < 1.29 is 9.63 Å². The Bertz CT molecular complexity index is 227. The Kier molecular flexibility index (Phi) is 2.39. The maximum absolute atomic E-state index is 11.2. The third-order valence-corrected chi connectivity index (χ3v) is 2.16. The van der Waals surface area contributed by atoms with Crippen molar-refractivity contribution in [2.45, 2.75) is 20.3 Å². The summed E-state index contributed by atoms with van der Waals surface area (Å²) in [5.74, 6) is 2.30. The van der Waals surface area contributed by atoms with Gasteiger partial charge in [0.25, 0.3) is 0 Å². The van der Waals surface area contributed by atoms with Gasteiger partial charge in [-0.15, -0.1) is 6.42 Å². The molecule has 0 radical (unpaired) electrons. The van der Waals surface area contributed by atoms with Crippen molar-refractivity contribution in [1.82, 2.24) is 5.48 Å². The first-order valence-electron chi connectivity index (χ1n) is 3.93. The zero-order valence-electron chi connectivity index (χ0n) is 7.39. The minimum absolute atomic E-state index is 0.0600. The molecule has 1 aliphatic carbocycles. The fraction of sp³-hybridized carbons (Fsp3) is 0.667. The Morgan fingerprint density at radius 3 is 2.83 bits per heavy atom. The number of hydrogen-bond acceptors (Lipinski definition) is 2. The molecular weight excluding hydrogens is 154 g/mol. The third-order valence-electron chi connectivity index (χ3n) is 2.16. The van der Waals surface area contributed by atoms with Crippen LogP contribution in [0, 0.1) is 23.7 Å². The van der Waals surface area contributed by atoms with Crippen molar-refractivity contribution in [2.75, 3.05) is 6.61 Å². The van der Waals surface area contributed by atoms with E-state index < -0.39 is 0 Å². The molecule has 1 rings (SSSR count). The summed E-state index contributed by atoms with van der Waals surface area (Å²) in [5, 5.41) is 0. The van der Waals surface area contributed by atoms with E-state index in [0.29, 0.717) is 0 Å². The summed E-state index contributed by atoms with van der Waals surface area (Å²) in [7, 11) is 0. The fourth-order valence-corrected chi connectivity index (χ4v) is 1.13. The van der Waals surface area contributed by atoms with Crippen molar-refractivity contribution in [2.24, 2.45) is 11.3 Å². The molecule has 0 bridgehead atoms. The van der Waals surface area contributed by atoms with Crippen LogP contribution in [0.3, 0.4) is 0 Å². The highest BCUT2D eigenvalue weighted by atomic mass is 16.6. The van der Waals surface area contributed by atoms with Crippen LogP contribution in [0.15, 0.2) is 0 Å². The van der Waals surface area contributed by atoms with Gasteiger partial charge in [0.1, 0.15) is 6.61 Å². The Morgan fingerprint density at radius 2 is 2.42 bits per heavy atom. The molecule has 0 aromatic carbocycles. The smallest absolute Gasteiger partial charge is 0.247 e. The lowest BCUT2D eigenvalue weighted by atomic mass is 10.1. The summed E-state index contributed by atoms with van der Waals surface area (Å²) in [5.41, 5.74) is 2.46. The molecule has 1 aliphatic rings. The van der Waals surface area contributed by atoms with Crippen LogP contribution in [-0.2, 0) is 9.63 Å². The zero-order valence-corrected chi connectivity index (χ0v) is 7.39. The first-order valence-corrected chi connectivity index (χ1v) is 3.93. The Balaban J connectivity index is 2.19. The van der Waals surface area contributed by atoms with Gasteiger partial charge in [-0.3, -0.25) is 9.63 Å². The average Bonchev–Trinajstić information content (AvgIpc) is 2.60. The average molecular weight is 167 g/mol. The van der Waals surface area contributed by atoms with Crippen molar-refractivity contribution in [1.29, 1.82) is 0 Å². The van der Waals surface area contributed by atoms with Gasteiger partial charge in [0.05, 0.1) is 0 Å². The van der Waals surface area contributed by atoms with Gasteiger partial charge in [0.15, 0.2) is 0 Å². The molecular formula is C9H13NO2. The second-order valence-electron chi connectivity index (χ2n) is 3.70. The van der Waals surface area contributed by atoms with Crippen molar-refractivity contribution in [3.63, 3.8) is 0 Å². The topological polar surface area (TPSA) is 38.3 Å². The summed E-state index contributed by atoms with van der Waals surface area (Å²) in [6.45, 7) is 4.23. The predicted molar refractivity (Wildman–Crippen MR) is 44.8 cm³/mol. The van der Waals surface area contributed by atoms with Crippen LogP contribution in [0.4, 0.5) is 0 Å². The van der Waals surface area contributed by atoms with Gasteiger partial charge in [0.2, 0.25) is 5.91 Å². The molecule has 3 heteroatoms. The molecule has 0 heterocycles. The SMILES string of the molecule is C#CCONC(=O)[C@H]1CC1(C)C. The van der Waals surface area contributed by atoms with Gasteiger partial charge >= 0.3 is 0 Å². The van der Waals surface area contributed by atoms with E-state index in [4.69, 9.17) is 11.3 Å². The second kappa shape index (κ2) is 3.16. The van der Waals surface area contributed by atoms with Gasteiger partial charge in [-0.2, -0.15) is 0 Å². The molecule has 1 fully saturated rings. The molecule has 1 atom stereocenters. The maximum Gasteiger partial charge on any atom is 0.247 e. The predicted octanol–water partition coefficient (Wildman–Crippen LogP) is 0.714. The summed E-state index contributed by atoms with van der Waals surface area (Å²) >= 11 is 0. The van der Waals surface area contributed by atoms with E-state index in [9.17, 15) is 4.79 Å². The van der Waals surface area contributed by atoms with Crippen LogP contribution in [-0.4, -0.2) is 12.5 Å². The van der Waals surface area contributed by atoms with E-state index in [-0.39, 0.29) is 23.8 Å². The van der Waals surface area contributed by atoms with Gasteiger partial charge in [0, 0.05) is 5.92 Å². The number of carbonyl (C=O) groups is 1. The standard InChI is InChI=1S/C9H13NO2/c1-4-5-12-10-8(11)7-6-9(7,2)3/h1,7H,5-6H2,2-3H3,(H,10,11)/t7-/m1/s1. The molecule has 0 saturated heterocycles. The van der Waals surface area contributed by atoms with Gasteiger partial charge in [-0.25, -0.2) is 5.48 Å². The molecule has 0 aromatic rings. The molecule has 3 nitrogen and oxygen atoms in total. The van der Waals surface area contributed by atoms with Crippen molar-refractivity contribution in [3.05, 3.63) is 0 Å². The van der Waals surface area contributed by atoms with Crippen molar-refractivity contribution in [3.8, 4) is 12.3 Å². The molecule has 0 spiro atoms. The van der Waals surface area contributed by atoms with E-state index in [1.807, 2.05) is 0 Å². The highest BCUT2D eigenvalue weighted by Gasteiger charge is 2.50. The third kappa shape index (κ3) is 1.99. The van der Waals surface area contributed by atoms with E-state index >= 15 is 0 Å². The number of rotatable bonds is 3. The van der Waals surface area contributed by atoms with Crippen LogP contribution in [0.2, 0.25) is 0 Å². The Labute approximate surface area is 72.4 Å². The zero-order chi connectivity index (χ0) is 9.19. The van der Waals surface area contributed by atoms with Crippen molar-refractivity contribution >= 4 is 5.91 Å². The monoisotopic (exact) mass is 167 g/mol. The van der Waals surface area contributed by atoms with Crippen LogP contribution >= 0.6 is 0 Å². The molecule has 1 saturated carbocycles. The number of carbonyl (C=O) groups excluding carboxylic acids is 1.